The van der Waals surface area contributed by atoms with Gasteiger partial charge in [0.15, 0.2) is 0 Å². The van der Waals surface area contributed by atoms with Crippen LogP contribution in [0.1, 0.15) is 45.7 Å². The minimum Gasteiger partial charge on any atom is -0.349 e. The van der Waals surface area contributed by atoms with Gasteiger partial charge in [-0.3, -0.25) is 9.48 Å². The second-order valence-electron chi connectivity index (χ2n) is 5.47. The number of carbonyl (C=O) groups is 1. The van der Waals surface area contributed by atoms with E-state index in [1.54, 1.807) is 10.9 Å². The van der Waals surface area contributed by atoms with E-state index in [-0.39, 0.29) is 17.4 Å². The van der Waals surface area contributed by atoms with Crippen molar-refractivity contribution in [1.82, 2.24) is 15.1 Å². The molecule has 0 fully saturated rings. The van der Waals surface area contributed by atoms with Gasteiger partial charge in [-0.2, -0.15) is 5.10 Å². The summed E-state index contributed by atoms with van der Waals surface area (Å²) in [5.41, 5.74) is 1.06. The van der Waals surface area contributed by atoms with Gasteiger partial charge in [0.25, 0.3) is 0 Å². The Labute approximate surface area is 97.0 Å². The highest BCUT2D eigenvalue weighted by Crippen LogP contribution is 2.19. The van der Waals surface area contributed by atoms with E-state index in [1.165, 1.54) is 0 Å². The summed E-state index contributed by atoms with van der Waals surface area (Å²) in [5, 5.41) is 7.06. The lowest BCUT2D eigenvalue weighted by Crippen LogP contribution is -2.29. The standard InChI is InChI=1S/C12H21N3O/c1-9(10-7-13-15(5)8-10)14-11(16)6-12(2,3)4/h7-9H,6H2,1-5H3,(H,14,16). The molecule has 16 heavy (non-hydrogen) atoms. The first kappa shape index (κ1) is 12.7. The van der Waals surface area contributed by atoms with Gasteiger partial charge in [-0.25, -0.2) is 0 Å². The van der Waals surface area contributed by atoms with Crippen molar-refractivity contribution in [3.8, 4) is 0 Å². The maximum absolute atomic E-state index is 11.7. The average Bonchev–Trinajstić information content (AvgIpc) is 2.47. The van der Waals surface area contributed by atoms with E-state index in [1.807, 2.05) is 20.2 Å². The van der Waals surface area contributed by atoms with Crippen molar-refractivity contribution in [1.29, 1.82) is 0 Å². The summed E-state index contributed by atoms with van der Waals surface area (Å²) in [5.74, 6) is 0.0869. The first-order valence-electron chi connectivity index (χ1n) is 5.56. The molecular formula is C12H21N3O. The number of nitrogens with zero attached hydrogens (tertiary/aromatic N) is 2. The molecule has 0 aromatic carbocycles. The number of nitrogens with one attached hydrogen (secondary N) is 1. The van der Waals surface area contributed by atoms with E-state index in [4.69, 9.17) is 0 Å². The Bertz CT molecular complexity index is 363. The third-order valence-electron chi connectivity index (χ3n) is 2.29. The fourth-order valence-electron chi connectivity index (χ4n) is 1.52. The van der Waals surface area contributed by atoms with Gasteiger partial charge < -0.3 is 5.32 Å². The maximum Gasteiger partial charge on any atom is 0.220 e. The van der Waals surface area contributed by atoms with Crippen LogP contribution >= 0.6 is 0 Å². The Balaban J connectivity index is 2.52. The predicted octanol–water partition coefficient (Wildman–Crippen LogP) is 2.03. The molecule has 1 amide bonds. The summed E-state index contributed by atoms with van der Waals surface area (Å²) in [4.78, 5) is 11.7. The summed E-state index contributed by atoms with van der Waals surface area (Å²) >= 11 is 0. The van der Waals surface area contributed by atoms with Crippen LogP contribution in [-0.4, -0.2) is 15.7 Å². The van der Waals surface area contributed by atoms with Crippen LogP contribution in [0.15, 0.2) is 12.4 Å². The number of aromatic nitrogens is 2. The Morgan fingerprint density at radius 2 is 2.19 bits per heavy atom. The van der Waals surface area contributed by atoms with Gasteiger partial charge >= 0.3 is 0 Å². The minimum absolute atomic E-state index is 0.0172. The highest BCUT2D eigenvalue weighted by Gasteiger charge is 2.18. The predicted molar refractivity (Wildman–Crippen MR) is 63.8 cm³/mol. The van der Waals surface area contributed by atoms with Crippen LogP contribution in [0.2, 0.25) is 0 Å². The fourth-order valence-corrected chi connectivity index (χ4v) is 1.52. The number of carbonyl (C=O) groups excluding carboxylic acids is 1. The zero-order valence-corrected chi connectivity index (χ0v) is 10.7. The van der Waals surface area contributed by atoms with Gasteiger partial charge in [0.2, 0.25) is 5.91 Å². The van der Waals surface area contributed by atoms with E-state index in [9.17, 15) is 4.79 Å². The number of rotatable bonds is 3. The first-order valence-corrected chi connectivity index (χ1v) is 5.56. The lowest BCUT2D eigenvalue weighted by atomic mass is 9.92. The number of hydrogen-bond acceptors (Lipinski definition) is 2. The minimum atomic E-state index is 0.0172. The molecule has 1 atom stereocenters. The molecule has 0 bridgehead atoms. The highest BCUT2D eigenvalue weighted by molar-refractivity contribution is 5.77. The molecule has 1 heterocycles. The van der Waals surface area contributed by atoms with Gasteiger partial charge in [0.05, 0.1) is 12.2 Å². The molecule has 0 aliphatic carbocycles. The molecule has 1 unspecified atom stereocenters. The van der Waals surface area contributed by atoms with E-state index in [0.717, 1.165) is 5.56 Å². The molecule has 0 spiro atoms. The normalized spacial score (nSPS) is 13.6. The summed E-state index contributed by atoms with van der Waals surface area (Å²) < 4.78 is 1.74. The monoisotopic (exact) mass is 223 g/mol. The van der Waals surface area contributed by atoms with Crippen molar-refractivity contribution in [3.63, 3.8) is 0 Å². The van der Waals surface area contributed by atoms with Crippen molar-refractivity contribution in [2.75, 3.05) is 0 Å². The van der Waals surface area contributed by atoms with Gasteiger partial charge in [-0.1, -0.05) is 20.8 Å². The largest absolute Gasteiger partial charge is 0.349 e. The van der Waals surface area contributed by atoms with Crippen molar-refractivity contribution >= 4 is 5.91 Å². The summed E-state index contributed by atoms with van der Waals surface area (Å²) in [7, 11) is 1.87. The van der Waals surface area contributed by atoms with Crippen LogP contribution in [-0.2, 0) is 11.8 Å². The van der Waals surface area contributed by atoms with Gasteiger partial charge in [0.1, 0.15) is 0 Å². The lowest BCUT2D eigenvalue weighted by molar-refractivity contribution is -0.123. The third-order valence-corrected chi connectivity index (χ3v) is 2.29. The molecule has 4 nitrogen and oxygen atoms in total. The number of hydrogen-bond donors (Lipinski definition) is 1. The Hall–Kier alpha value is -1.32. The average molecular weight is 223 g/mol. The molecule has 0 saturated heterocycles. The van der Waals surface area contributed by atoms with Gasteiger partial charge in [0, 0.05) is 25.2 Å². The van der Waals surface area contributed by atoms with E-state index in [2.05, 4.69) is 31.2 Å². The van der Waals surface area contributed by atoms with Crippen molar-refractivity contribution in [2.24, 2.45) is 12.5 Å². The van der Waals surface area contributed by atoms with Crippen LogP contribution in [0.5, 0.6) is 0 Å². The fraction of sp³-hybridized carbons (Fsp3) is 0.667. The summed E-state index contributed by atoms with van der Waals surface area (Å²) in [6.45, 7) is 8.14. The van der Waals surface area contributed by atoms with Crippen LogP contribution in [0.25, 0.3) is 0 Å². The van der Waals surface area contributed by atoms with Gasteiger partial charge in [-0.05, 0) is 12.3 Å². The Morgan fingerprint density at radius 3 is 2.62 bits per heavy atom. The zero-order valence-electron chi connectivity index (χ0n) is 10.7. The van der Waals surface area contributed by atoms with Crippen LogP contribution in [0, 0.1) is 5.41 Å². The maximum atomic E-state index is 11.7. The molecule has 90 valence electrons. The van der Waals surface area contributed by atoms with Crippen LogP contribution in [0.4, 0.5) is 0 Å². The molecule has 0 aliphatic rings. The van der Waals surface area contributed by atoms with Crippen molar-refractivity contribution < 1.29 is 4.79 Å². The van der Waals surface area contributed by atoms with E-state index < -0.39 is 0 Å². The van der Waals surface area contributed by atoms with Crippen molar-refractivity contribution in [3.05, 3.63) is 18.0 Å². The first-order chi connectivity index (χ1) is 7.28. The number of aryl methyl sites for hydroxylation is 1. The van der Waals surface area contributed by atoms with Crippen molar-refractivity contribution in [2.45, 2.75) is 40.2 Å². The quantitative estimate of drug-likeness (QED) is 0.852. The molecule has 0 saturated carbocycles. The summed E-state index contributed by atoms with van der Waals surface area (Å²) in [6, 6.07) is 0.0172. The molecule has 0 aliphatic heterocycles. The number of amides is 1. The molecule has 1 rings (SSSR count). The lowest BCUT2D eigenvalue weighted by Gasteiger charge is -2.19. The highest BCUT2D eigenvalue weighted by atomic mass is 16.1. The smallest absolute Gasteiger partial charge is 0.220 e. The molecule has 0 radical (unpaired) electrons. The zero-order chi connectivity index (χ0) is 12.3. The second kappa shape index (κ2) is 4.68. The molecular weight excluding hydrogens is 202 g/mol. The SMILES string of the molecule is CC(NC(=O)CC(C)(C)C)c1cnn(C)c1. The van der Waals surface area contributed by atoms with E-state index in [0.29, 0.717) is 6.42 Å². The topological polar surface area (TPSA) is 46.9 Å². The third kappa shape index (κ3) is 4.04. The second-order valence-corrected chi connectivity index (χ2v) is 5.47. The van der Waals surface area contributed by atoms with Gasteiger partial charge in [-0.15, -0.1) is 0 Å². The molecule has 1 aromatic heterocycles. The molecule has 1 aromatic rings. The van der Waals surface area contributed by atoms with Crippen LogP contribution in [0.3, 0.4) is 0 Å². The van der Waals surface area contributed by atoms with Crippen LogP contribution < -0.4 is 5.32 Å². The molecule has 4 heteroatoms. The Morgan fingerprint density at radius 1 is 1.56 bits per heavy atom. The molecule has 1 N–H and O–H groups in total. The summed E-state index contributed by atoms with van der Waals surface area (Å²) in [6.07, 6.45) is 4.24. The van der Waals surface area contributed by atoms with E-state index >= 15 is 0 Å². The Kier molecular flexibility index (Phi) is 3.73.